The highest BCUT2D eigenvalue weighted by Crippen LogP contribution is 2.17. The number of amides is 3. The summed E-state index contributed by atoms with van der Waals surface area (Å²) in [4.78, 5) is 39.3. The number of nitrogens with zero attached hydrogens (tertiary/aromatic N) is 3. The van der Waals surface area contributed by atoms with E-state index in [1.807, 2.05) is 30.3 Å². The van der Waals surface area contributed by atoms with Gasteiger partial charge in [0.15, 0.2) is 5.13 Å². The van der Waals surface area contributed by atoms with Gasteiger partial charge in [0.1, 0.15) is 11.4 Å². The molecule has 0 fully saturated rings. The maximum absolute atomic E-state index is 12.3. The number of primary amides is 1. The van der Waals surface area contributed by atoms with Crippen molar-refractivity contribution in [1.29, 1.82) is 0 Å². The third-order valence-electron chi connectivity index (χ3n) is 3.52. The Morgan fingerprint density at radius 3 is 2.68 bits per heavy atom. The summed E-state index contributed by atoms with van der Waals surface area (Å²) in [7, 11) is 0. The number of anilines is 1. The number of rotatable bonds is 5. The van der Waals surface area contributed by atoms with Crippen molar-refractivity contribution in [1.82, 2.24) is 9.99 Å². The van der Waals surface area contributed by atoms with E-state index < -0.39 is 11.8 Å². The first kappa shape index (κ1) is 16.8. The van der Waals surface area contributed by atoms with Gasteiger partial charge in [-0.25, -0.2) is 9.99 Å². The van der Waals surface area contributed by atoms with Gasteiger partial charge >= 0.3 is 0 Å². The zero-order valence-corrected chi connectivity index (χ0v) is 14.0. The number of carbonyl (C=O) groups is 3. The Labute approximate surface area is 147 Å². The van der Waals surface area contributed by atoms with Crippen LogP contribution in [0.25, 0.3) is 0 Å². The van der Waals surface area contributed by atoms with Gasteiger partial charge in [-0.15, -0.1) is 11.3 Å². The van der Waals surface area contributed by atoms with Crippen LogP contribution in [0.5, 0.6) is 0 Å². The zero-order chi connectivity index (χ0) is 17.8. The molecule has 8 nitrogen and oxygen atoms in total. The molecule has 0 atom stereocenters. The standard InChI is InChI=1S/C16H15N5O3S/c17-14(23)12-9-25-16(18-12)19-15(24)11-6-7-13(22)21(20-11)8-10-4-2-1-3-5-10/h1-5,9H,6-8H2,(H2,17,23)(H,18,19,24). The summed E-state index contributed by atoms with van der Waals surface area (Å²) >= 11 is 1.09. The van der Waals surface area contributed by atoms with Crippen molar-refractivity contribution in [2.24, 2.45) is 10.8 Å². The van der Waals surface area contributed by atoms with E-state index in [1.165, 1.54) is 10.4 Å². The first-order valence-corrected chi connectivity index (χ1v) is 8.39. The Bertz CT molecular complexity index is 846. The lowest BCUT2D eigenvalue weighted by Crippen LogP contribution is -2.36. The van der Waals surface area contributed by atoms with E-state index >= 15 is 0 Å². The fraction of sp³-hybridized carbons (Fsp3) is 0.188. The molecule has 0 saturated heterocycles. The van der Waals surface area contributed by atoms with Crippen LogP contribution in [-0.2, 0) is 16.1 Å². The normalized spacial score (nSPS) is 14.2. The number of hydrogen-bond acceptors (Lipinski definition) is 6. The van der Waals surface area contributed by atoms with Gasteiger partial charge in [-0.05, 0) is 5.56 Å². The molecular formula is C16H15N5O3S. The molecule has 2 aromatic rings. The summed E-state index contributed by atoms with van der Waals surface area (Å²) in [5.74, 6) is -1.24. The van der Waals surface area contributed by atoms with E-state index in [1.54, 1.807) is 0 Å². The van der Waals surface area contributed by atoms with Crippen molar-refractivity contribution in [2.75, 3.05) is 5.32 Å². The summed E-state index contributed by atoms with van der Waals surface area (Å²) in [6.07, 6.45) is 0.466. The Balaban J connectivity index is 1.71. The second kappa shape index (κ2) is 7.22. The molecule has 1 aromatic heterocycles. The molecule has 25 heavy (non-hydrogen) atoms. The summed E-state index contributed by atoms with van der Waals surface area (Å²) in [5.41, 5.74) is 6.39. The van der Waals surface area contributed by atoms with Crippen LogP contribution in [0.2, 0.25) is 0 Å². The second-order valence-corrected chi connectivity index (χ2v) is 6.20. The summed E-state index contributed by atoms with van der Waals surface area (Å²) in [5, 5.41) is 9.77. The largest absolute Gasteiger partial charge is 0.364 e. The topological polar surface area (TPSA) is 118 Å². The number of thiazole rings is 1. The lowest BCUT2D eigenvalue weighted by atomic mass is 10.1. The van der Waals surface area contributed by atoms with Crippen molar-refractivity contribution in [3.63, 3.8) is 0 Å². The van der Waals surface area contributed by atoms with Gasteiger partial charge in [0.2, 0.25) is 5.91 Å². The molecule has 0 unspecified atom stereocenters. The Kier molecular flexibility index (Phi) is 4.85. The number of hydrazone groups is 1. The van der Waals surface area contributed by atoms with E-state index in [-0.39, 0.29) is 35.3 Å². The van der Waals surface area contributed by atoms with Crippen molar-refractivity contribution in [3.05, 3.63) is 47.0 Å². The average Bonchev–Trinajstić information content (AvgIpc) is 3.06. The monoisotopic (exact) mass is 357 g/mol. The van der Waals surface area contributed by atoms with Crippen molar-refractivity contribution >= 4 is 39.9 Å². The molecule has 0 aliphatic carbocycles. The van der Waals surface area contributed by atoms with E-state index in [0.717, 1.165) is 16.9 Å². The molecule has 1 aromatic carbocycles. The second-order valence-electron chi connectivity index (χ2n) is 5.34. The predicted octanol–water partition coefficient (Wildman–Crippen LogP) is 1.36. The molecule has 1 aliphatic heterocycles. The summed E-state index contributed by atoms with van der Waals surface area (Å²) < 4.78 is 0. The minimum Gasteiger partial charge on any atom is -0.364 e. The predicted molar refractivity (Wildman–Crippen MR) is 92.9 cm³/mol. The fourth-order valence-electron chi connectivity index (χ4n) is 2.26. The minimum absolute atomic E-state index is 0.0896. The number of hydrogen-bond donors (Lipinski definition) is 2. The van der Waals surface area contributed by atoms with Crippen molar-refractivity contribution in [2.45, 2.75) is 19.4 Å². The van der Waals surface area contributed by atoms with Gasteiger partial charge in [-0.3, -0.25) is 19.7 Å². The number of nitrogens with one attached hydrogen (secondary N) is 1. The smallest absolute Gasteiger partial charge is 0.273 e. The van der Waals surface area contributed by atoms with Crippen molar-refractivity contribution in [3.8, 4) is 0 Å². The Morgan fingerprint density at radius 2 is 2.00 bits per heavy atom. The van der Waals surface area contributed by atoms with Gasteiger partial charge in [-0.2, -0.15) is 5.10 Å². The van der Waals surface area contributed by atoms with Crippen LogP contribution in [0.3, 0.4) is 0 Å². The maximum Gasteiger partial charge on any atom is 0.273 e. The highest BCUT2D eigenvalue weighted by molar-refractivity contribution is 7.14. The molecular weight excluding hydrogens is 342 g/mol. The van der Waals surface area contributed by atoms with Crippen LogP contribution in [-0.4, -0.2) is 33.4 Å². The van der Waals surface area contributed by atoms with Crippen molar-refractivity contribution < 1.29 is 14.4 Å². The molecule has 3 rings (SSSR count). The van der Waals surface area contributed by atoms with Gasteiger partial charge < -0.3 is 5.73 Å². The lowest BCUT2D eigenvalue weighted by molar-refractivity contribution is -0.132. The van der Waals surface area contributed by atoms with Gasteiger partial charge in [0.05, 0.1) is 6.54 Å². The van der Waals surface area contributed by atoms with Crippen LogP contribution in [0.15, 0.2) is 40.8 Å². The van der Waals surface area contributed by atoms with Gasteiger partial charge in [0, 0.05) is 18.2 Å². The highest BCUT2D eigenvalue weighted by atomic mass is 32.1. The molecule has 0 saturated carbocycles. The first-order valence-electron chi connectivity index (χ1n) is 7.51. The lowest BCUT2D eigenvalue weighted by Gasteiger charge is -2.23. The Hall–Kier alpha value is -3.07. The number of nitrogens with two attached hydrogens (primary N) is 1. The van der Waals surface area contributed by atoms with Crippen LogP contribution in [0.4, 0.5) is 5.13 Å². The molecule has 3 amide bonds. The van der Waals surface area contributed by atoms with Crippen LogP contribution in [0, 0.1) is 0 Å². The van der Waals surface area contributed by atoms with E-state index in [2.05, 4.69) is 15.4 Å². The van der Waals surface area contributed by atoms with Crippen LogP contribution >= 0.6 is 11.3 Å². The SMILES string of the molecule is NC(=O)c1csc(NC(=O)C2=NN(Cc3ccccc3)C(=O)CC2)n1. The van der Waals surface area contributed by atoms with Crippen LogP contribution < -0.4 is 11.1 Å². The quantitative estimate of drug-likeness (QED) is 0.840. The van der Waals surface area contributed by atoms with E-state index in [0.29, 0.717) is 6.54 Å². The van der Waals surface area contributed by atoms with E-state index in [4.69, 9.17) is 5.73 Å². The minimum atomic E-state index is -0.661. The van der Waals surface area contributed by atoms with Crippen LogP contribution in [0.1, 0.15) is 28.9 Å². The molecule has 1 aliphatic rings. The fourth-order valence-corrected chi connectivity index (χ4v) is 2.95. The summed E-state index contributed by atoms with van der Waals surface area (Å²) in [6, 6.07) is 9.41. The molecule has 128 valence electrons. The maximum atomic E-state index is 12.3. The summed E-state index contributed by atoms with van der Waals surface area (Å²) in [6.45, 7) is 0.305. The highest BCUT2D eigenvalue weighted by Gasteiger charge is 2.25. The number of carbonyl (C=O) groups excluding carboxylic acids is 3. The number of aromatic nitrogens is 1. The molecule has 0 bridgehead atoms. The molecule has 0 radical (unpaired) electrons. The van der Waals surface area contributed by atoms with Gasteiger partial charge in [0.25, 0.3) is 11.8 Å². The molecule has 2 heterocycles. The third kappa shape index (κ3) is 4.07. The Morgan fingerprint density at radius 1 is 1.24 bits per heavy atom. The third-order valence-corrected chi connectivity index (χ3v) is 4.28. The molecule has 0 spiro atoms. The molecule has 3 N–H and O–H groups in total. The molecule has 9 heteroatoms. The number of benzene rings is 1. The average molecular weight is 357 g/mol. The van der Waals surface area contributed by atoms with E-state index in [9.17, 15) is 14.4 Å². The van der Waals surface area contributed by atoms with Gasteiger partial charge in [-0.1, -0.05) is 30.3 Å². The zero-order valence-electron chi connectivity index (χ0n) is 13.1. The first-order chi connectivity index (χ1) is 12.0.